The van der Waals surface area contributed by atoms with Crippen LogP contribution in [-0.2, 0) is 6.54 Å². The number of hydrogen-bond acceptors (Lipinski definition) is 6. The van der Waals surface area contributed by atoms with Crippen molar-refractivity contribution in [2.24, 2.45) is 0 Å². The first-order valence-corrected chi connectivity index (χ1v) is 11.7. The van der Waals surface area contributed by atoms with Gasteiger partial charge in [-0.1, -0.05) is 12.1 Å². The number of piperidine rings is 1. The number of nitrogens with two attached hydrogens (primary N) is 1. The minimum absolute atomic E-state index is 0.120. The lowest BCUT2D eigenvalue weighted by atomic mass is 10.0. The Bertz CT molecular complexity index is 1480. The number of carbonyl (C=O) groups excluding carboxylic acids is 1. The van der Waals surface area contributed by atoms with E-state index in [1.165, 1.54) is 19.2 Å². The first-order chi connectivity index (χ1) is 17.5. The van der Waals surface area contributed by atoms with Gasteiger partial charge in [-0.05, 0) is 55.8 Å². The molecule has 1 amide bonds. The fraction of sp³-hybridized carbons (Fsp3) is 0.269. The molecule has 10 heteroatoms. The summed E-state index contributed by atoms with van der Waals surface area (Å²) in [5.41, 5.74) is 9.80. The topological polar surface area (TPSA) is 134 Å². The number of benzene rings is 2. The number of H-pyrrole nitrogens is 1. The van der Waals surface area contributed by atoms with Crippen molar-refractivity contribution in [2.75, 3.05) is 25.9 Å². The van der Waals surface area contributed by atoms with Gasteiger partial charge in [0.05, 0.1) is 24.2 Å². The highest BCUT2D eigenvalue weighted by atomic mass is 19.1. The molecule has 2 aromatic heterocycles. The number of nitrogens with one attached hydrogen (secondary N) is 3. The van der Waals surface area contributed by atoms with Gasteiger partial charge in [-0.25, -0.2) is 9.07 Å². The fourth-order valence-corrected chi connectivity index (χ4v) is 4.77. The molecule has 1 saturated heterocycles. The second-order valence-electron chi connectivity index (χ2n) is 8.71. The van der Waals surface area contributed by atoms with Gasteiger partial charge in [0, 0.05) is 23.7 Å². The van der Waals surface area contributed by atoms with E-state index in [9.17, 15) is 14.4 Å². The van der Waals surface area contributed by atoms with Gasteiger partial charge >= 0.3 is 0 Å². The zero-order chi connectivity index (χ0) is 25.2. The highest BCUT2D eigenvalue weighted by Gasteiger charge is 2.25. The zero-order valence-corrected chi connectivity index (χ0v) is 19.8. The molecule has 1 aliphatic heterocycles. The van der Waals surface area contributed by atoms with Crippen LogP contribution in [0.2, 0.25) is 0 Å². The molecule has 0 aliphatic carbocycles. The van der Waals surface area contributed by atoms with Gasteiger partial charge in [-0.15, -0.1) is 0 Å². The largest absolute Gasteiger partial charge is 0.496 e. The number of nitrogens with zero attached hydrogens (tertiary/aromatic N) is 3. The van der Waals surface area contributed by atoms with Crippen molar-refractivity contribution in [1.29, 1.82) is 5.26 Å². The molecule has 36 heavy (non-hydrogen) atoms. The lowest BCUT2D eigenvalue weighted by Crippen LogP contribution is -2.30. The van der Waals surface area contributed by atoms with Gasteiger partial charge in [0.1, 0.15) is 34.7 Å². The van der Waals surface area contributed by atoms with Gasteiger partial charge < -0.3 is 26.1 Å². The van der Waals surface area contributed by atoms with Crippen LogP contribution in [0.3, 0.4) is 0 Å². The third-order valence-electron chi connectivity index (χ3n) is 6.62. The molecule has 2 aromatic carbocycles. The number of ether oxygens (including phenoxy) is 1. The van der Waals surface area contributed by atoms with Gasteiger partial charge in [-0.2, -0.15) is 10.4 Å². The van der Waals surface area contributed by atoms with Crippen molar-refractivity contribution < 1.29 is 13.9 Å². The summed E-state index contributed by atoms with van der Waals surface area (Å²) >= 11 is 0. The number of anilines is 1. The lowest BCUT2D eigenvalue weighted by molar-refractivity contribution is 0.0947. The molecule has 3 heterocycles. The average molecular weight is 488 g/mol. The van der Waals surface area contributed by atoms with E-state index >= 15 is 0 Å². The number of aromatic amines is 1. The van der Waals surface area contributed by atoms with Gasteiger partial charge in [0.15, 0.2) is 0 Å². The molecule has 9 nitrogen and oxygen atoms in total. The standard InChI is InChI=1S/C26H26FN7O2/c1-36-22-5-3-16(27)12-20(22)26(35)32-14-15-2-4-18(19-8-11-31-23(15)19)24-21(13-28)25(29)34(33-24)17-6-9-30-10-7-17/h2-5,8,11-12,17,30-31H,6-7,9-10,14,29H2,1H3,(H,32,35). The maximum Gasteiger partial charge on any atom is 0.255 e. The van der Waals surface area contributed by atoms with E-state index in [0.717, 1.165) is 54.0 Å². The summed E-state index contributed by atoms with van der Waals surface area (Å²) in [6.45, 7) is 1.96. The molecule has 1 aliphatic rings. The van der Waals surface area contributed by atoms with Crippen LogP contribution in [0.1, 0.15) is 40.4 Å². The normalized spacial score (nSPS) is 14.0. The van der Waals surface area contributed by atoms with E-state index < -0.39 is 11.7 Å². The molecule has 0 atom stereocenters. The predicted molar refractivity (Wildman–Crippen MR) is 134 cm³/mol. The molecule has 0 radical (unpaired) electrons. The van der Waals surface area contributed by atoms with Gasteiger partial charge in [0.2, 0.25) is 0 Å². The Labute approximate surface area is 207 Å². The van der Waals surface area contributed by atoms with Crippen molar-refractivity contribution in [3.05, 3.63) is 65.1 Å². The third-order valence-corrected chi connectivity index (χ3v) is 6.62. The predicted octanol–water partition coefficient (Wildman–Crippen LogP) is 3.49. The molecular formula is C26H26FN7O2. The van der Waals surface area contributed by atoms with E-state index in [4.69, 9.17) is 15.6 Å². The zero-order valence-electron chi connectivity index (χ0n) is 19.8. The molecule has 4 aromatic rings. The summed E-state index contributed by atoms with van der Waals surface area (Å²) in [5.74, 6) is -0.298. The van der Waals surface area contributed by atoms with Crippen LogP contribution in [-0.4, -0.2) is 40.9 Å². The number of fused-ring (bicyclic) bond motifs is 1. The smallest absolute Gasteiger partial charge is 0.255 e. The molecular weight excluding hydrogens is 461 g/mol. The summed E-state index contributed by atoms with van der Waals surface area (Å²) in [5, 5.41) is 21.7. The van der Waals surface area contributed by atoms with E-state index in [-0.39, 0.29) is 18.2 Å². The molecule has 5 rings (SSSR count). The second-order valence-corrected chi connectivity index (χ2v) is 8.71. The number of aromatic nitrogens is 3. The molecule has 184 valence electrons. The van der Waals surface area contributed by atoms with Gasteiger partial charge in [0.25, 0.3) is 5.91 Å². The van der Waals surface area contributed by atoms with Crippen LogP contribution in [0, 0.1) is 17.1 Å². The van der Waals surface area contributed by atoms with Crippen molar-refractivity contribution in [1.82, 2.24) is 25.4 Å². The highest BCUT2D eigenvalue weighted by molar-refractivity contribution is 5.99. The maximum atomic E-state index is 13.7. The van der Waals surface area contributed by atoms with E-state index in [1.54, 1.807) is 10.9 Å². The monoisotopic (exact) mass is 487 g/mol. The Kier molecular flexibility index (Phi) is 6.31. The Morgan fingerprint density at radius 3 is 2.86 bits per heavy atom. The lowest BCUT2D eigenvalue weighted by Gasteiger charge is -2.23. The van der Waals surface area contributed by atoms with Crippen LogP contribution >= 0.6 is 0 Å². The number of amides is 1. The van der Waals surface area contributed by atoms with Crippen LogP contribution in [0.25, 0.3) is 22.2 Å². The Morgan fingerprint density at radius 1 is 1.31 bits per heavy atom. The first kappa shape index (κ1) is 23.4. The number of carbonyl (C=O) groups is 1. The number of methoxy groups -OCH3 is 1. The summed E-state index contributed by atoms with van der Waals surface area (Å²) in [7, 11) is 1.43. The van der Waals surface area contributed by atoms with Crippen LogP contribution in [0.4, 0.5) is 10.2 Å². The summed E-state index contributed by atoms with van der Waals surface area (Å²) in [6, 6.07) is 11.9. The number of halogens is 1. The van der Waals surface area contributed by atoms with E-state index in [0.29, 0.717) is 22.8 Å². The first-order valence-electron chi connectivity index (χ1n) is 11.7. The minimum Gasteiger partial charge on any atom is -0.496 e. The number of nitrogen functional groups attached to an aromatic ring is 1. The molecule has 1 fully saturated rings. The summed E-state index contributed by atoms with van der Waals surface area (Å²) in [6.07, 6.45) is 3.59. The Balaban J connectivity index is 1.46. The number of nitriles is 1. The van der Waals surface area contributed by atoms with Crippen LogP contribution in [0.15, 0.2) is 42.6 Å². The molecule has 5 N–H and O–H groups in total. The number of rotatable bonds is 6. The van der Waals surface area contributed by atoms with Crippen LogP contribution < -0.4 is 21.1 Å². The second kappa shape index (κ2) is 9.71. The van der Waals surface area contributed by atoms with Crippen LogP contribution in [0.5, 0.6) is 5.75 Å². The molecule has 0 saturated carbocycles. The highest BCUT2D eigenvalue weighted by Crippen LogP contribution is 2.35. The Morgan fingerprint density at radius 2 is 2.11 bits per heavy atom. The SMILES string of the molecule is COc1ccc(F)cc1C(=O)NCc1ccc(-c2nn(C3CCNCC3)c(N)c2C#N)c2cc[nH]c12. The van der Waals surface area contributed by atoms with Crippen molar-refractivity contribution >= 4 is 22.6 Å². The third kappa shape index (κ3) is 4.14. The molecule has 0 spiro atoms. The average Bonchev–Trinajstić information content (AvgIpc) is 3.52. The molecule has 0 bridgehead atoms. The van der Waals surface area contributed by atoms with E-state index in [2.05, 4.69) is 21.7 Å². The molecule has 0 unspecified atom stereocenters. The fourth-order valence-electron chi connectivity index (χ4n) is 4.77. The number of hydrogen-bond donors (Lipinski definition) is 4. The van der Waals surface area contributed by atoms with Crippen molar-refractivity contribution in [2.45, 2.75) is 25.4 Å². The Hall–Kier alpha value is -4.36. The summed E-state index contributed by atoms with van der Waals surface area (Å²) < 4.78 is 20.7. The quantitative estimate of drug-likeness (QED) is 0.329. The summed E-state index contributed by atoms with van der Waals surface area (Å²) in [4.78, 5) is 16.0. The van der Waals surface area contributed by atoms with Gasteiger partial charge in [-0.3, -0.25) is 4.79 Å². The van der Waals surface area contributed by atoms with Crippen molar-refractivity contribution in [3.8, 4) is 23.1 Å². The van der Waals surface area contributed by atoms with Crippen molar-refractivity contribution in [3.63, 3.8) is 0 Å². The van der Waals surface area contributed by atoms with E-state index in [1.807, 2.05) is 18.2 Å². The minimum atomic E-state index is -0.520. The maximum absolute atomic E-state index is 13.7.